The molecule has 0 fully saturated rings. The van der Waals surface area contributed by atoms with Crippen molar-refractivity contribution in [2.75, 3.05) is 14.1 Å². The van der Waals surface area contributed by atoms with Gasteiger partial charge in [0.15, 0.2) is 0 Å². The van der Waals surface area contributed by atoms with Gasteiger partial charge in [-0.3, -0.25) is 20.2 Å². The van der Waals surface area contributed by atoms with Crippen LogP contribution in [-0.4, -0.2) is 56.1 Å². The number of phenolic OH excluding ortho intramolecular Hbond substituents is 2. The van der Waals surface area contributed by atoms with Crippen molar-refractivity contribution in [1.29, 1.82) is 0 Å². The Kier molecular flexibility index (Phi) is 19.6. The van der Waals surface area contributed by atoms with Crippen molar-refractivity contribution in [3.63, 3.8) is 0 Å². The Bertz CT molecular complexity index is 1780. The molecule has 2 amide bonds. The van der Waals surface area contributed by atoms with E-state index in [1.165, 1.54) is 125 Å². The quantitative estimate of drug-likeness (QED) is 0.0362. The van der Waals surface area contributed by atoms with Crippen LogP contribution in [-0.2, 0) is 25.9 Å². The lowest BCUT2D eigenvalue weighted by Crippen LogP contribution is -2.31. The zero-order valence-electron chi connectivity index (χ0n) is 34.0. The summed E-state index contributed by atoms with van der Waals surface area (Å²) < 4.78 is 10.8. The topological polar surface area (TPSA) is 186 Å². The van der Waals surface area contributed by atoms with E-state index in [1.54, 1.807) is 0 Å². The SMILES string of the molecule is CCCCCCCCCCCCCCCCc1c(O)c(CN(C)C(=O)Oc2cccc([N+](=O)[O-])c2)c(CCC)c(O)c1CN(C)C(=O)Oc1cccc([N+](=O)[O-])c1. The molecule has 3 aromatic rings. The minimum absolute atomic E-state index is 0.0159. The van der Waals surface area contributed by atoms with Gasteiger partial charge in [0.2, 0.25) is 0 Å². The molecule has 0 saturated carbocycles. The van der Waals surface area contributed by atoms with Crippen LogP contribution in [0.2, 0.25) is 0 Å². The van der Waals surface area contributed by atoms with E-state index >= 15 is 0 Å². The van der Waals surface area contributed by atoms with Gasteiger partial charge in [0.05, 0.1) is 35.1 Å². The lowest BCUT2D eigenvalue weighted by atomic mass is 9.89. The van der Waals surface area contributed by atoms with Gasteiger partial charge in [0.25, 0.3) is 11.4 Å². The second-order valence-electron chi connectivity index (χ2n) is 14.7. The predicted molar refractivity (Wildman–Crippen MR) is 219 cm³/mol. The number of hydrogen-bond acceptors (Lipinski definition) is 10. The second kappa shape index (κ2) is 24.3. The Labute approximate surface area is 336 Å². The molecule has 0 unspecified atom stereocenters. The third kappa shape index (κ3) is 14.9. The molecule has 0 bridgehead atoms. The van der Waals surface area contributed by atoms with Crippen molar-refractivity contribution in [3.05, 3.63) is 91.0 Å². The minimum atomic E-state index is -0.821. The third-order valence-electron chi connectivity index (χ3n) is 10.0. The summed E-state index contributed by atoms with van der Waals surface area (Å²) in [6.45, 7) is 3.87. The Hall–Kier alpha value is -5.40. The largest absolute Gasteiger partial charge is 0.507 e. The molecule has 3 aromatic carbocycles. The molecule has 312 valence electrons. The van der Waals surface area contributed by atoms with Crippen molar-refractivity contribution in [2.24, 2.45) is 0 Å². The fraction of sp³-hybridized carbons (Fsp3) is 0.535. The third-order valence-corrected chi connectivity index (χ3v) is 10.0. The maximum Gasteiger partial charge on any atom is 0.415 e. The van der Waals surface area contributed by atoms with Crippen molar-refractivity contribution >= 4 is 23.6 Å². The first-order valence-electron chi connectivity index (χ1n) is 20.3. The van der Waals surface area contributed by atoms with E-state index in [9.17, 15) is 40.0 Å². The number of aromatic hydroxyl groups is 2. The number of rotatable bonds is 25. The molecule has 0 atom stereocenters. The van der Waals surface area contributed by atoms with Crippen LogP contribution < -0.4 is 9.47 Å². The number of phenols is 2. The maximum atomic E-state index is 13.2. The maximum absolute atomic E-state index is 13.2. The number of hydrogen-bond donors (Lipinski definition) is 2. The molecule has 0 heterocycles. The molecule has 57 heavy (non-hydrogen) atoms. The first-order chi connectivity index (χ1) is 27.4. The lowest BCUT2D eigenvalue weighted by molar-refractivity contribution is -0.385. The van der Waals surface area contributed by atoms with E-state index in [0.717, 1.165) is 31.4 Å². The van der Waals surface area contributed by atoms with Crippen molar-refractivity contribution in [3.8, 4) is 23.0 Å². The number of amides is 2. The Morgan fingerprint density at radius 1 is 0.561 bits per heavy atom. The van der Waals surface area contributed by atoms with Gasteiger partial charge in [-0.25, -0.2) is 9.59 Å². The fourth-order valence-electron chi connectivity index (χ4n) is 6.84. The van der Waals surface area contributed by atoms with Crippen molar-refractivity contribution in [1.82, 2.24) is 9.80 Å². The summed E-state index contributed by atoms with van der Waals surface area (Å²) >= 11 is 0. The predicted octanol–water partition coefficient (Wildman–Crippen LogP) is 11.2. The highest BCUT2D eigenvalue weighted by Gasteiger charge is 2.27. The van der Waals surface area contributed by atoms with Crippen LogP contribution in [0.25, 0.3) is 0 Å². The van der Waals surface area contributed by atoms with Gasteiger partial charge in [-0.1, -0.05) is 116 Å². The normalized spacial score (nSPS) is 10.9. The lowest BCUT2D eigenvalue weighted by Gasteiger charge is -2.26. The van der Waals surface area contributed by atoms with Gasteiger partial charge in [-0.05, 0) is 31.4 Å². The van der Waals surface area contributed by atoms with E-state index in [0.29, 0.717) is 47.9 Å². The number of nitro benzene ring substituents is 2. The molecule has 0 radical (unpaired) electrons. The second-order valence-corrected chi connectivity index (χ2v) is 14.7. The van der Waals surface area contributed by atoms with Crippen LogP contribution in [0.15, 0.2) is 48.5 Å². The molecule has 0 aliphatic heterocycles. The monoisotopic (exact) mass is 792 g/mol. The Morgan fingerprint density at radius 2 is 0.930 bits per heavy atom. The van der Waals surface area contributed by atoms with E-state index in [2.05, 4.69) is 6.92 Å². The summed E-state index contributed by atoms with van der Waals surface area (Å²) in [6.07, 6.45) is 16.2. The summed E-state index contributed by atoms with van der Waals surface area (Å²) in [5.41, 5.74) is 1.05. The molecule has 3 rings (SSSR count). The molecule has 0 spiro atoms. The van der Waals surface area contributed by atoms with Gasteiger partial charge in [0, 0.05) is 48.5 Å². The Balaban J connectivity index is 1.78. The highest BCUT2D eigenvalue weighted by Crippen LogP contribution is 2.41. The zero-order valence-corrected chi connectivity index (χ0v) is 34.0. The van der Waals surface area contributed by atoms with E-state index in [1.807, 2.05) is 6.92 Å². The van der Waals surface area contributed by atoms with Gasteiger partial charge in [-0.15, -0.1) is 0 Å². The molecular weight excluding hydrogens is 732 g/mol. The molecule has 2 N–H and O–H groups in total. The van der Waals surface area contributed by atoms with Crippen LogP contribution in [0, 0.1) is 20.2 Å². The summed E-state index contributed by atoms with van der Waals surface area (Å²) in [7, 11) is 2.93. The zero-order chi connectivity index (χ0) is 41.7. The highest BCUT2D eigenvalue weighted by atomic mass is 16.6. The van der Waals surface area contributed by atoms with Crippen LogP contribution >= 0.6 is 0 Å². The van der Waals surface area contributed by atoms with Gasteiger partial charge >= 0.3 is 12.2 Å². The summed E-state index contributed by atoms with van der Waals surface area (Å²) in [6, 6.07) is 10.5. The number of benzene rings is 3. The fourth-order valence-corrected chi connectivity index (χ4v) is 6.84. The van der Waals surface area contributed by atoms with Crippen LogP contribution in [0.3, 0.4) is 0 Å². The number of carbonyl (C=O) groups excluding carboxylic acids is 2. The average Bonchev–Trinajstić information content (AvgIpc) is 3.19. The highest BCUT2D eigenvalue weighted by molar-refractivity contribution is 5.72. The first-order valence-corrected chi connectivity index (χ1v) is 20.3. The molecule has 0 aliphatic rings. The number of nitro groups is 2. The van der Waals surface area contributed by atoms with Crippen molar-refractivity contribution < 1.29 is 39.1 Å². The number of ether oxygens (including phenoxy) is 2. The van der Waals surface area contributed by atoms with Gasteiger partial charge in [-0.2, -0.15) is 0 Å². The van der Waals surface area contributed by atoms with E-state index in [-0.39, 0.29) is 47.5 Å². The standard InChI is InChI=1S/C43H60N4O10/c1-5-7-8-9-10-11-12-13-14-15-16-17-18-19-27-37-39(31-45(4)43(51)57-35-26-21-24-33(29-35)47(54)55)40(48)36(22-6-2)38(41(37)49)30-44(3)42(50)56-34-25-20-23-32(28-34)46(52)53/h20-21,23-26,28-29,48-49H,5-19,22,27,30-31H2,1-4H3. The number of unbranched alkanes of at least 4 members (excludes halogenated alkanes) is 13. The Morgan fingerprint density at radius 3 is 1.30 bits per heavy atom. The summed E-state index contributed by atoms with van der Waals surface area (Å²) in [5.74, 6) is -0.245. The van der Waals surface area contributed by atoms with Crippen LogP contribution in [0.4, 0.5) is 21.0 Å². The molecule has 14 heteroatoms. The number of non-ortho nitro benzene ring substituents is 2. The molecule has 0 aromatic heterocycles. The average molecular weight is 793 g/mol. The van der Waals surface area contributed by atoms with Gasteiger partial charge in [0.1, 0.15) is 23.0 Å². The molecule has 14 nitrogen and oxygen atoms in total. The molecule has 0 aliphatic carbocycles. The summed E-state index contributed by atoms with van der Waals surface area (Å²) in [5, 5.41) is 46.3. The van der Waals surface area contributed by atoms with Gasteiger partial charge < -0.3 is 29.5 Å². The van der Waals surface area contributed by atoms with Crippen LogP contribution in [0.1, 0.15) is 132 Å². The summed E-state index contributed by atoms with van der Waals surface area (Å²) in [4.78, 5) is 50.1. The number of nitrogens with zero attached hydrogens (tertiary/aromatic N) is 4. The van der Waals surface area contributed by atoms with Crippen LogP contribution in [0.5, 0.6) is 23.0 Å². The smallest absolute Gasteiger partial charge is 0.415 e. The molecule has 0 saturated heterocycles. The van der Waals surface area contributed by atoms with E-state index < -0.39 is 22.0 Å². The van der Waals surface area contributed by atoms with Crippen molar-refractivity contribution in [2.45, 2.75) is 136 Å². The number of carbonyl (C=O) groups is 2. The first kappa shape index (κ1) is 46.0. The molecular formula is C43H60N4O10. The van der Waals surface area contributed by atoms with E-state index in [4.69, 9.17) is 9.47 Å². The minimum Gasteiger partial charge on any atom is -0.507 e.